The number of aromatic amines is 1. The molecule has 1 aromatic carbocycles. The standard InChI is InChI=1S/C24H21ClN8O7S3/c1-32-24(29-18(35)19(36)30-32)43-8-11-7-41-21-15(20(37)33(21)16(11)22(38)39)28-17(34)14(13-9-42-23(26)27-13)31-40-6-10-2-4-12(25)5-3-10/h2-5,9,15,21H,6-8H2,1H3,(H2,26,27)(H,28,34)(H,30,36)(H,38,39)/b31-14-/t15-,21+/m1/s1. The molecule has 2 atom stereocenters. The molecular weight excluding hydrogens is 644 g/mol. The Morgan fingerprint density at radius 1 is 1.28 bits per heavy atom. The van der Waals surface area contributed by atoms with Crippen LogP contribution in [0.2, 0.25) is 5.02 Å². The Bertz CT molecular complexity index is 1790. The molecule has 0 aliphatic carbocycles. The van der Waals surface area contributed by atoms with Crippen LogP contribution in [0.5, 0.6) is 0 Å². The second-order valence-electron chi connectivity index (χ2n) is 9.02. The van der Waals surface area contributed by atoms with E-state index in [-0.39, 0.29) is 45.5 Å². The lowest BCUT2D eigenvalue weighted by Gasteiger charge is -2.49. The van der Waals surface area contributed by atoms with E-state index in [2.05, 4.69) is 25.5 Å². The lowest BCUT2D eigenvalue weighted by Crippen LogP contribution is -2.71. The molecule has 43 heavy (non-hydrogen) atoms. The van der Waals surface area contributed by atoms with Gasteiger partial charge in [0.1, 0.15) is 29.4 Å². The average molecular weight is 665 g/mol. The summed E-state index contributed by atoms with van der Waals surface area (Å²) in [5.41, 5.74) is 4.77. The number of carbonyl (C=O) groups excluding carboxylic acids is 2. The Morgan fingerprint density at radius 2 is 2.02 bits per heavy atom. The first-order valence-electron chi connectivity index (χ1n) is 12.2. The third kappa shape index (κ3) is 6.46. The molecule has 2 aliphatic heterocycles. The van der Waals surface area contributed by atoms with Crippen molar-refractivity contribution >= 4 is 75.1 Å². The smallest absolute Gasteiger partial charge is 0.352 e. The third-order valence-electron chi connectivity index (χ3n) is 6.14. The van der Waals surface area contributed by atoms with Gasteiger partial charge in [-0.2, -0.15) is 4.98 Å². The zero-order chi connectivity index (χ0) is 30.8. The lowest BCUT2D eigenvalue weighted by molar-refractivity contribution is -0.150. The number of carboxylic acids is 1. The number of aromatic nitrogens is 4. The summed E-state index contributed by atoms with van der Waals surface area (Å²) in [4.78, 5) is 76.1. The molecule has 0 spiro atoms. The van der Waals surface area contributed by atoms with Gasteiger partial charge in [0, 0.05) is 29.0 Å². The first-order valence-corrected chi connectivity index (χ1v) is 15.5. The Hall–Kier alpha value is -4.13. The van der Waals surface area contributed by atoms with E-state index in [4.69, 9.17) is 22.2 Å². The summed E-state index contributed by atoms with van der Waals surface area (Å²) in [6, 6.07) is 5.79. The van der Waals surface area contributed by atoms with E-state index in [9.17, 15) is 29.1 Å². The maximum absolute atomic E-state index is 13.3. The quantitative estimate of drug-likeness (QED) is 0.0771. The maximum atomic E-state index is 13.3. The predicted octanol–water partition coefficient (Wildman–Crippen LogP) is 0.613. The van der Waals surface area contributed by atoms with Gasteiger partial charge < -0.3 is 21.0 Å². The van der Waals surface area contributed by atoms with Crippen molar-refractivity contribution in [1.82, 2.24) is 30.0 Å². The number of benzene rings is 1. The van der Waals surface area contributed by atoms with Gasteiger partial charge in [0.05, 0.1) is 0 Å². The van der Waals surface area contributed by atoms with E-state index in [1.165, 1.54) is 28.9 Å². The number of nitrogens with one attached hydrogen (secondary N) is 2. The first kappa shape index (κ1) is 30.3. The molecule has 5 N–H and O–H groups in total. The van der Waals surface area contributed by atoms with Crippen LogP contribution in [0.25, 0.3) is 0 Å². The normalized spacial score (nSPS) is 18.2. The van der Waals surface area contributed by atoms with Gasteiger partial charge in [-0.05, 0) is 23.3 Å². The second kappa shape index (κ2) is 12.6. The fourth-order valence-electron chi connectivity index (χ4n) is 4.10. The Kier molecular flexibility index (Phi) is 8.90. The third-order valence-corrected chi connectivity index (χ3v) is 9.52. The van der Waals surface area contributed by atoms with Gasteiger partial charge in [0.15, 0.2) is 16.0 Å². The molecule has 1 saturated heterocycles. The minimum absolute atomic E-state index is 0.0263. The number of hydrogen-bond acceptors (Lipinski definition) is 13. The number of β-lactam (4-membered cyclic amide) rings is 1. The van der Waals surface area contributed by atoms with Gasteiger partial charge >= 0.3 is 17.1 Å². The number of carboxylic acid groups (broad SMARTS) is 1. The number of nitrogens with zero attached hydrogens (tertiary/aromatic N) is 5. The monoisotopic (exact) mass is 664 g/mol. The molecule has 15 nitrogen and oxygen atoms in total. The average Bonchev–Trinajstić information content (AvgIpc) is 3.40. The molecule has 2 aromatic heterocycles. The van der Waals surface area contributed by atoms with Crippen LogP contribution in [0.4, 0.5) is 5.13 Å². The fourth-order valence-corrected chi connectivity index (χ4v) is 7.18. The summed E-state index contributed by atoms with van der Waals surface area (Å²) in [6.45, 7) is 0.0263. The molecule has 0 unspecified atom stereocenters. The first-order chi connectivity index (χ1) is 20.5. The van der Waals surface area contributed by atoms with E-state index in [0.29, 0.717) is 10.6 Å². The number of oxime groups is 1. The Morgan fingerprint density at radius 3 is 2.70 bits per heavy atom. The van der Waals surface area contributed by atoms with Crippen LogP contribution in [0, 0.1) is 0 Å². The highest BCUT2D eigenvalue weighted by molar-refractivity contribution is 8.01. The molecule has 2 aliphatic rings. The number of nitrogens with two attached hydrogens (primary N) is 1. The SMILES string of the molecule is Cn1[nH]c(=O)c(=O)nc1SCC1=C(C(=O)O)N2C(=O)[C@@H](NC(=O)/C(=N\OCc3ccc(Cl)cc3)c3csc(N)n3)[C@@H]2SC1. The Labute approximate surface area is 259 Å². The van der Waals surface area contributed by atoms with Crippen LogP contribution < -0.4 is 22.2 Å². The molecular formula is C24H21ClN8O7S3. The topological polar surface area (TPSA) is 215 Å². The van der Waals surface area contributed by atoms with Crippen molar-refractivity contribution in [1.29, 1.82) is 0 Å². The zero-order valence-electron chi connectivity index (χ0n) is 22.0. The highest BCUT2D eigenvalue weighted by Gasteiger charge is 2.54. The second-order valence-corrected chi connectivity index (χ2v) is 12.4. The maximum Gasteiger partial charge on any atom is 0.352 e. The molecule has 1 fully saturated rings. The minimum Gasteiger partial charge on any atom is -0.477 e. The van der Waals surface area contributed by atoms with Gasteiger partial charge in [-0.15, -0.1) is 23.1 Å². The van der Waals surface area contributed by atoms with Crippen LogP contribution in [0.15, 0.2) is 60.8 Å². The number of rotatable bonds is 10. The van der Waals surface area contributed by atoms with Crippen LogP contribution in [0.3, 0.4) is 0 Å². The number of carbonyl (C=O) groups is 3. The number of halogens is 1. The number of nitrogen functional groups attached to an aromatic ring is 1. The zero-order valence-corrected chi connectivity index (χ0v) is 25.2. The number of aliphatic carboxylic acids is 1. The number of thiazole rings is 1. The van der Waals surface area contributed by atoms with Crippen molar-refractivity contribution in [3.63, 3.8) is 0 Å². The Balaban J connectivity index is 1.30. The molecule has 0 radical (unpaired) electrons. The largest absolute Gasteiger partial charge is 0.477 e. The summed E-state index contributed by atoms with van der Waals surface area (Å²) in [7, 11) is 1.49. The summed E-state index contributed by atoms with van der Waals surface area (Å²) < 4.78 is 1.25. The molecule has 2 amide bonds. The lowest BCUT2D eigenvalue weighted by atomic mass is 10.0. The summed E-state index contributed by atoms with van der Waals surface area (Å²) in [6.07, 6.45) is 0. The highest BCUT2D eigenvalue weighted by atomic mass is 35.5. The van der Waals surface area contributed by atoms with Gasteiger partial charge in [-0.3, -0.25) is 33.9 Å². The highest BCUT2D eigenvalue weighted by Crippen LogP contribution is 2.41. The van der Waals surface area contributed by atoms with Crippen LogP contribution >= 0.6 is 46.5 Å². The number of thioether (sulfide) groups is 2. The molecule has 3 aromatic rings. The molecule has 19 heteroatoms. The van der Waals surface area contributed by atoms with Gasteiger partial charge in [0.2, 0.25) is 0 Å². The molecule has 0 saturated carbocycles. The summed E-state index contributed by atoms with van der Waals surface area (Å²) in [5.74, 6) is -2.40. The van der Waals surface area contributed by atoms with Gasteiger partial charge in [0.25, 0.3) is 11.8 Å². The number of H-pyrrole nitrogens is 1. The van der Waals surface area contributed by atoms with Crippen molar-refractivity contribution in [3.8, 4) is 0 Å². The van der Waals surface area contributed by atoms with Gasteiger partial charge in [-0.25, -0.2) is 9.78 Å². The molecule has 4 heterocycles. The number of hydrogen-bond donors (Lipinski definition) is 4. The summed E-state index contributed by atoms with van der Waals surface area (Å²) in [5, 5.41) is 20.6. The summed E-state index contributed by atoms with van der Waals surface area (Å²) >= 11 is 9.29. The van der Waals surface area contributed by atoms with Crippen molar-refractivity contribution in [2.24, 2.45) is 12.2 Å². The molecule has 0 bridgehead atoms. The van der Waals surface area contributed by atoms with Crippen molar-refractivity contribution in [2.45, 2.75) is 23.2 Å². The van der Waals surface area contributed by atoms with Crippen molar-refractivity contribution in [3.05, 3.63) is 77.9 Å². The van der Waals surface area contributed by atoms with Gasteiger partial charge in [-0.1, -0.05) is 40.7 Å². The van der Waals surface area contributed by atoms with Crippen LogP contribution in [0.1, 0.15) is 11.3 Å². The number of anilines is 1. The fraction of sp³-hybridized carbons (Fsp3) is 0.250. The predicted molar refractivity (Wildman–Crippen MR) is 160 cm³/mol. The van der Waals surface area contributed by atoms with Crippen molar-refractivity contribution < 1.29 is 24.3 Å². The van der Waals surface area contributed by atoms with Crippen LogP contribution in [-0.4, -0.2) is 76.2 Å². The number of aryl methyl sites for hydroxylation is 1. The van der Waals surface area contributed by atoms with E-state index in [1.54, 1.807) is 24.3 Å². The number of fused-ring (bicyclic) bond motifs is 1. The van der Waals surface area contributed by atoms with E-state index in [1.807, 2.05) is 0 Å². The van der Waals surface area contributed by atoms with E-state index >= 15 is 0 Å². The molecule has 224 valence electrons. The van der Waals surface area contributed by atoms with Crippen LogP contribution in [-0.2, 0) is 32.9 Å². The van der Waals surface area contributed by atoms with E-state index < -0.39 is 40.3 Å². The van der Waals surface area contributed by atoms with Crippen molar-refractivity contribution in [2.75, 3.05) is 17.2 Å². The number of amides is 2. The van der Waals surface area contributed by atoms with E-state index in [0.717, 1.165) is 33.6 Å². The molecule has 5 rings (SSSR count). The minimum atomic E-state index is -1.32.